The van der Waals surface area contributed by atoms with Crippen LogP contribution < -0.4 is 10.1 Å². The van der Waals surface area contributed by atoms with Gasteiger partial charge in [0.15, 0.2) is 0 Å². The molecule has 22 heavy (non-hydrogen) atoms. The van der Waals surface area contributed by atoms with Crippen LogP contribution in [0.1, 0.15) is 44.6 Å². The first kappa shape index (κ1) is 16.8. The van der Waals surface area contributed by atoms with Gasteiger partial charge in [-0.25, -0.2) is 0 Å². The Kier molecular flexibility index (Phi) is 6.23. The average molecular weight is 302 g/mol. The first-order valence-electron chi connectivity index (χ1n) is 8.11. The third kappa shape index (κ3) is 4.46. The maximum absolute atomic E-state index is 9.59. The molecule has 2 unspecified atom stereocenters. The Labute approximate surface area is 133 Å². The molecule has 1 saturated carbocycles. The number of nitrogens with zero attached hydrogens (tertiary/aromatic N) is 1. The predicted octanol–water partition coefficient (Wildman–Crippen LogP) is 3.01. The molecular weight excluding hydrogens is 276 g/mol. The maximum atomic E-state index is 9.59. The summed E-state index contributed by atoms with van der Waals surface area (Å²) in [5.41, 5.74) is 1.19. The lowest BCUT2D eigenvalue weighted by Gasteiger charge is -2.30. The fraction of sp³-hybridized carbons (Fsp3) is 0.611. The number of rotatable bonds is 8. The molecule has 1 aromatic carbocycles. The van der Waals surface area contributed by atoms with E-state index < -0.39 is 0 Å². The average Bonchev–Trinajstić information content (AvgIpc) is 2.92. The topological polar surface area (TPSA) is 65.3 Å². The van der Waals surface area contributed by atoms with E-state index in [1.807, 2.05) is 18.2 Å². The number of nitrogens with one attached hydrogen (secondary N) is 1. The molecule has 1 fully saturated rings. The lowest BCUT2D eigenvalue weighted by Crippen LogP contribution is -2.41. The van der Waals surface area contributed by atoms with Crippen LogP contribution in [0.2, 0.25) is 0 Å². The number of hydrogen-bond donors (Lipinski definition) is 2. The molecular formula is C18H26N2O2. The highest BCUT2D eigenvalue weighted by Crippen LogP contribution is 2.37. The molecule has 0 spiro atoms. The van der Waals surface area contributed by atoms with Crippen molar-refractivity contribution in [1.29, 1.82) is 5.26 Å². The maximum Gasteiger partial charge on any atom is 0.119 e. The van der Waals surface area contributed by atoms with Crippen molar-refractivity contribution in [2.75, 3.05) is 13.2 Å². The molecule has 4 nitrogen and oxygen atoms in total. The minimum Gasteiger partial charge on any atom is -0.494 e. The molecule has 1 aliphatic carbocycles. The second kappa shape index (κ2) is 8.17. The first-order chi connectivity index (χ1) is 10.7. The molecule has 2 rings (SSSR count). The van der Waals surface area contributed by atoms with Gasteiger partial charge in [-0.15, -0.1) is 0 Å². The molecule has 0 heterocycles. The van der Waals surface area contributed by atoms with Crippen LogP contribution in [0.15, 0.2) is 24.3 Å². The number of nitriles is 1. The van der Waals surface area contributed by atoms with Crippen LogP contribution >= 0.6 is 0 Å². The second-order valence-electron chi connectivity index (χ2n) is 6.40. The summed E-state index contributed by atoms with van der Waals surface area (Å²) >= 11 is 0. The molecule has 0 aliphatic heterocycles. The van der Waals surface area contributed by atoms with Crippen LogP contribution in [0, 0.1) is 16.7 Å². The van der Waals surface area contributed by atoms with Gasteiger partial charge < -0.3 is 15.2 Å². The normalized spacial score (nSPS) is 24.1. The van der Waals surface area contributed by atoms with Crippen molar-refractivity contribution in [2.24, 2.45) is 5.41 Å². The number of hydrogen-bond acceptors (Lipinski definition) is 4. The molecule has 0 bridgehead atoms. The highest BCUT2D eigenvalue weighted by Gasteiger charge is 2.37. The summed E-state index contributed by atoms with van der Waals surface area (Å²) in [7, 11) is 0. The minimum absolute atomic E-state index is 0.00536. The SMILES string of the molecule is CC1(CO)CCCC1NCc1cccc(OCCCC#N)c1. The van der Waals surface area contributed by atoms with Crippen molar-refractivity contribution in [3.05, 3.63) is 29.8 Å². The summed E-state index contributed by atoms with van der Waals surface area (Å²) in [6.45, 7) is 3.77. The van der Waals surface area contributed by atoms with Gasteiger partial charge in [0, 0.05) is 31.0 Å². The largest absolute Gasteiger partial charge is 0.494 e. The van der Waals surface area contributed by atoms with Gasteiger partial charge in [0.1, 0.15) is 5.75 Å². The summed E-state index contributed by atoms with van der Waals surface area (Å²) in [6, 6.07) is 10.6. The van der Waals surface area contributed by atoms with E-state index in [0.29, 0.717) is 19.1 Å². The Bertz CT molecular complexity index is 512. The van der Waals surface area contributed by atoms with E-state index in [2.05, 4.69) is 24.4 Å². The Balaban J connectivity index is 1.84. The summed E-state index contributed by atoms with van der Waals surface area (Å²) in [4.78, 5) is 0. The van der Waals surface area contributed by atoms with E-state index in [0.717, 1.165) is 31.6 Å². The van der Waals surface area contributed by atoms with Crippen LogP contribution in [0.4, 0.5) is 0 Å². The Hall–Kier alpha value is -1.57. The molecule has 1 aromatic rings. The van der Waals surface area contributed by atoms with Crippen LogP contribution in [-0.2, 0) is 6.54 Å². The zero-order chi connectivity index (χ0) is 15.8. The van der Waals surface area contributed by atoms with Crippen LogP contribution in [0.5, 0.6) is 5.75 Å². The molecule has 0 saturated heterocycles. The molecule has 4 heteroatoms. The van der Waals surface area contributed by atoms with E-state index >= 15 is 0 Å². The fourth-order valence-electron chi connectivity index (χ4n) is 3.10. The Morgan fingerprint density at radius 1 is 1.50 bits per heavy atom. The van der Waals surface area contributed by atoms with Crippen molar-refractivity contribution >= 4 is 0 Å². The monoisotopic (exact) mass is 302 g/mol. The van der Waals surface area contributed by atoms with Gasteiger partial charge in [0.2, 0.25) is 0 Å². The molecule has 0 aromatic heterocycles. The van der Waals surface area contributed by atoms with Crippen LogP contribution in [0.3, 0.4) is 0 Å². The second-order valence-corrected chi connectivity index (χ2v) is 6.40. The number of aliphatic hydroxyl groups excluding tert-OH is 1. The van der Waals surface area contributed by atoms with Crippen molar-refractivity contribution in [2.45, 2.75) is 51.6 Å². The van der Waals surface area contributed by atoms with Crippen LogP contribution in [-0.4, -0.2) is 24.4 Å². The van der Waals surface area contributed by atoms with Gasteiger partial charge in [-0.05, 0) is 37.0 Å². The smallest absolute Gasteiger partial charge is 0.119 e. The lowest BCUT2D eigenvalue weighted by molar-refractivity contribution is 0.118. The van der Waals surface area contributed by atoms with Gasteiger partial charge in [0.05, 0.1) is 12.7 Å². The highest BCUT2D eigenvalue weighted by molar-refractivity contribution is 5.28. The van der Waals surface area contributed by atoms with Crippen molar-refractivity contribution in [3.8, 4) is 11.8 Å². The summed E-state index contributed by atoms with van der Waals surface area (Å²) < 4.78 is 5.66. The third-order valence-corrected chi connectivity index (χ3v) is 4.60. The summed E-state index contributed by atoms with van der Waals surface area (Å²) in [6.07, 6.45) is 4.68. The predicted molar refractivity (Wildman–Crippen MR) is 86.5 cm³/mol. The van der Waals surface area contributed by atoms with Gasteiger partial charge in [0.25, 0.3) is 0 Å². The van der Waals surface area contributed by atoms with E-state index in [-0.39, 0.29) is 12.0 Å². The van der Waals surface area contributed by atoms with Gasteiger partial charge in [-0.2, -0.15) is 5.26 Å². The van der Waals surface area contributed by atoms with Crippen molar-refractivity contribution in [3.63, 3.8) is 0 Å². The standard InChI is InChI=1S/C18H26N2O2/c1-18(14-21)9-5-8-17(18)20-13-15-6-4-7-16(12-15)22-11-3-2-10-19/h4,6-7,12,17,20-21H,2-3,5,8-9,11,13-14H2,1H3. The van der Waals surface area contributed by atoms with Crippen LogP contribution in [0.25, 0.3) is 0 Å². The number of unbranched alkanes of at least 4 members (excludes halogenated alkanes) is 1. The fourth-order valence-corrected chi connectivity index (χ4v) is 3.10. The van der Waals surface area contributed by atoms with Gasteiger partial charge in [-0.3, -0.25) is 0 Å². The van der Waals surface area contributed by atoms with E-state index in [9.17, 15) is 5.11 Å². The zero-order valence-electron chi connectivity index (χ0n) is 13.3. The van der Waals surface area contributed by atoms with E-state index in [1.165, 1.54) is 12.0 Å². The number of benzene rings is 1. The number of ether oxygens (including phenoxy) is 1. The number of aliphatic hydroxyl groups is 1. The molecule has 2 N–H and O–H groups in total. The Morgan fingerprint density at radius 3 is 3.14 bits per heavy atom. The lowest BCUT2D eigenvalue weighted by atomic mass is 9.86. The molecule has 120 valence electrons. The zero-order valence-corrected chi connectivity index (χ0v) is 13.3. The molecule has 0 radical (unpaired) electrons. The Morgan fingerprint density at radius 2 is 2.36 bits per heavy atom. The van der Waals surface area contributed by atoms with Crippen molar-refractivity contribution in [1.82, 2.24) is 5.32 Å². The van der Waals surface area contributed by atoms with Crippen molar-refractivity contribution < 1.29 is 9.84 Å². The first-order valence-corrected chi connectivity index (χ1v) is 8.11. The minimum atomic E-state index is 0.00536. The van der Waals surface area contributed by atoms with E-state index in [1.54, 1.807) is 0 Å². The highest BCUT2D eigenvalue weighted by atomic mass is 16.5. The molecule has 2 atom stereocenters. The molecule has 1 aliphatic rings. The van der Waals surface area contributed by atoms with Gasteiger partial charge in [-0.1, -0.05) is 25.5 Å². The molecule has 0 amide bonds. The summed E-state index contributed by atoms with van der Waals surface area (Å²) in [5.74, 6) is 0.855. The summed E-state index contributed by atoms with van der Waals surface area (Å²) in [5, 5.41) is 21.7. The third-order valence-electron chi connectivity index (χ3n) is 4.60. The quantitative estimate of drug-likeness (QED) is 0.725. The van der Waals surface area contributed by atoms with Gasteiger partial charge >= 0.3 is 0 Å². The van der Waals surface area contributed by atoms with E-state index in [4.69, 9.17) is 10.00 Å².